The third-order valence-electron chi connectivity index (χ3n) is 4.02. The number of aromatic nitrogens is 4. The zero-order valence-corrected chi connectivity index (χ0v) is 16.3. The van der Waals surface area contributed by atoms with Crippen LogP contribution in [0.1, 0.15) is 5.56 Å². The molecule has 3 rings (SSSR count). The Morgan fingerprint density at radius 2 is 2.07 bits per heavy atom. The first-order valence-corrected chi connectivity index (χ1v) is 8.69. The Morgan fingerprint density at radius 1 is 1.33 bits per heavy atom. The molecule has 0 bridgehead atoms. The molecule has 0 aliphatic carbocycles. The van der Waals surface area contributed by atoms with Crippen molar-refractivity contribution < 1.29 is 5.11 Å². The molecular formula is C17H17BrN6O3. The molecule has 10 heteroatoms. The van der Waals surface area contributed by atoms with Gasteiger partial charge in [0.25, 0.3) is 5.56 Å². The third kappa shape index (κ3) is 3.31. The van der Waals surface area contributed by atoms with Crippen molar-refractivity contribution in [1.82, 2.24) is 18.7 Å². The number of hydrogen-bond acceptors (Lipinski definition) is 6. The Kier molecular flexibility index (Phi) is 5.00. The largest absolute Gasteiger partial charge is 0.507 e. The molecule has 0 aliphatic heterocycles. The first kappa shape index (κ1) is 18.6. The number of nitrogens with zero attached hydrogens (tertiary/aromatic N) is 5. The fourth-order valence-electron chi connectivity index (χ4n) is 2.63. The van der Waals surface area contributed by atoms with Crippen LogP contribution in [0.3, 0.4) is 0 Å². The van der Waals surface area contributed by atoms with E-state index < -0.39 is 11.2 Å². The lowest BCUT2D eigenvalue weighted by molar-refractivity contribution is 0.474. The van der Waals surface area contributed by atoms with Gasteiger partial charge >= 0.3 is 5.69 Å². The Balaban J connectivity index is 2.09. The lowest BCUT2D eigenvalue weighted by Gasteiger charge is -2.06. The standard InChI is InChI=1S/C17H17BrN6O3/c1-4-7-24-13-14(22(2)17(27)23(3)15(13)26)20-16(24)21-19-9-10-8-11(18)5-6-12(10)25/h4-6,8-9,25H,1,7H2,2-3H3,(H,20,21). The van der Waals surface area contributed by atoms with Crippen LogP contribution in [0.25, 0.3) is 11.2 Å². The average molecular weight is 433 g/mol. The molecule has 0 radical (unpaired) electrons. The van der Waals surface area contributed by atoms with Crippen LogP contribution in [0.4, 0.5) is 5.95 Å². The number of halogens is 1. The van der Waals surface area contributed by atoms with Crippen molar-refractivity contribution in [1.29, 1.82) is 0 Å². The van der Waals surface area contributed by atoms with Gasteiger partial charge in [-0.25, -0.2) is 10.2 Å². The second-order valence-corrected chi connectivity index (χ2v) is 6.70. The highest BCUT2D eigenvalue weighted by Crippen LogP contribution is 2.20. The summed E-state index contributed by atoms with van der Waals surface area (Å²) in [4.78, 5) is 29.0. The number of aromatic hydroxyl groups is 1. The minimum absolute atomic E-state index is 0.0691. The Labute approximate surface area is 162 Å². The summed E-state index contributed by atoms with van der Waals surface area (Å²) < 4.78 is 4.70. The van der Waals surface area contributed by atoms with Crippen molar-refractivity contribution in [2.45, 2.75) is 6.54 Å². The molecule has 0 fully saturated rings. The molecule has 2 aromatic heterocycles. The van der Waals surface area contributed by atoms with Gasteiger partial charge in [-0.3, -0.25) is 18.5 Å². The van der Waals surface area contributed by atoms with Gasteiger partial charge in [-0.05, 0) is 18.2 Å². The number of benzene rings is 1. The van der Waals surface area contributed by atoms with Gasteiger partial charge in [0.15, 0.2) is 11.2 Å². The van der Waals surface area contributed by atoms with Gasteiger partial charge in [-0.15, -0.1) is 6.58 Å². The number of aryl methyl sites for hydroxylation is 1. The van der Waals surface area contributed by atoms with E-state index in [0.29, 0.717) is 12.1 Å². The highest BCUT2D eigenvalue weighted by Gasteiger charge is 2.18. The Bertz CT molecular complexity index is 1190. The van der Waals surface area contributed by atoms with Gasteiger partial charge in [0, 0.05) is 30.7 Å². The van der Waals surface area contributed by atoms with Crippen LogP contribution in [0.15, 0.2) is 50.0 Å². The number of nitrogens with one attached hydrogen (secondary N) is 1. The van der Waals surface area contributed by atoms with Crippen LogP contribution in [0, 0.1) is 0 Å². The smallest absolute Gasteiger partial charge is 0.332 e. The van der Waals surface area contributed by atoms with Crippen molar-refractivity contribution in [3.8, 4) is 5.75 Å². The first-order chi connectivity index (χ1) is 12.8. The number of allylic oxidation sites excluding steroid dienone is 1. The van der Waals surface area contributed by atoms with Crippen molar-refractivity contribution in [2.75, 3.05) is 5.43 Å². The molecule has 0 unspecified atom stereocenters. The highest BCUT2D eigenvalue weighted by atomic mass is 79.9. The molecule has 0 saturated heterocycles. The monoisotopic (exact) mass is 432 g/mol. The van der Waals surface area contributed by atoms with E-state index in [0.717, 1.165) is 9.04 Å². The van der Waals surface area contributed by atoms with E-state index in [2.05, 4.69) is 38.0 Å². The summed E-state index contributed by atoms with van der Waals surface area (Å²) in [7, 11) is 2.96. The Morgan fingerprint density at radius 3 is 2.78 bits per heavy atom. The summed E-state index contributed by atoms with van der Waals surface area (Å²) in [6.07, 6.45) is 3.04. The number of fused-ring (bicyclic) bond motifs is 1. The number of hydrogen-bond donors (Lipinski definition) is 2. The number of rotatable bonds is 5. The summed E-state index contributed by atoms with van der Waals surface area (Å²) >= 11 is 3.33. The molecule has 0 aliphatic rings. The van der Waals surface area contributed by atoms with Crippen LogP contribution in [-0.4, -0.2) is 30.0 Å². The second kappa shape index (κ2) is 7.23. The fourth-order valence-corrected chi connectivity index (χ4v) is 3.01. The lowest BCUT2D eigenvalue weighted by Crippen LogP contribution is -2.37. The van der Waals surface area contributed by atoms with Gasteiger partial charge in [0.05, 0.1) is 6.21 Å². The van der Waals surface area contributed by atoms with Crippen LogP contribution >= 0.6 is 15.9 Å². The van der Waals surface area contributed by atoms with Crippen LogP contribution < -0.4 is 16.7 Å². The van der Waals surface area contributed by atoms with E-state index in [-0.39, 0.29) is 22.9 Å². The maximum atomic E-state index is 12.5. The molecule has 0 atom stereocenters. The third-order valence-corrected chi connectivity index (χ3v) is 4.51. The van der Waals surface area contributed by atoms with Crippen LogP contribution in [0.2, 0.25) is 0 Å². The summed E-state index contributed by atoms with van der Waals surface area (Å²) in [6.45, 7) is 3.99. The molecule has 0 amide bonds. The zero-order valence-electron chi connectivity index (χ0n) is 14.7. The number of phenols is 1. The minimum atomic E-state index is -0.468. The number of hydrazone groups is 1. The van der Waals surface area contributed by atoms with Gasteiger partial charge in [0.2, 0.25) is 5.95 Å². The van der Waals surface area contributed by atoms with Gasteiger partial charge in [0.1, 0.15) is 5.75 Å². The second-order valence-electron chi connectivity index (χ2n) is 5.79. The quantitative estimate of drug-likeness (QED) is 0.361. The van der Waals surface area contributed by atoms with Gasteiger partial charge < -0.3 is 5.11 Å². The van der Waals surface area contributed by atoms with Crippen LogP contribution in [-0.2, 0) is 20.6 Å². The maximum Gasteiger partial charge on any atom is 0.332 e. The van der Waals surface area contributed by atoms with Crippen molar-refractivity contribution in [2.24, 2.45) is 19.2 Å². The first-order valence-electron chi connectivity index (χ1n) is 7.90. The van der Waals surface area contributed by atoms with E-state index >= 15 is 0 Å². The molecule has 140 valence electrons. The van der Waals surface area contributed by atoms with Crippen molar-refractivity contribution in [3.63, 3.8) is 0 Å². The summed E-state index contributed by atoms with van der Waals surface area (Å²) in [5.41, 5.74) is 2.84. The van der Waals surface area contributed by atoms with Crippen molar-refractivity contribution >= 4 is 39.3 Å². The normalized spacial score (nSPS) is 11.4. The van der Waals surface area contributed by atoms with Gasteiger partial charge in [-0.2, -0.15) is 10.1 Å². The topological polar surface area (TPSA) is 106 Å². The van der Waals surface area contributed by atoms with E-state index in [1.54, 1.807) is 29.8 Å². The number of phenolic OH excluding ortho intramolecular Hbond substituents is 1. The SMILES string of the molecule is C=CCn1c(NN=Cc2cc(Br)ccc2O)nc2c1c(=O)n(C)c(=O)n2C. The van der Waals surface area contributed by atoms with E-state index in [1.165, 1.54) is 23.9 Å². The Hall–Kier alpha value is -3.14. The summed E-state index contributed by atoms with van der Waals surface area (Å²) in [5.74, 6) is 0.341. The van der Waals surface area contributed by atoms with E-state index in [1.807, 2.05) is 0 Å². The summed E-state index contributed by atoms with van der Waals surface area (Å²) in [5, 5.41) is 13.9. The molecule has 0 spiro atoms. The highest BCUT2D eigenvalue weighted by molar-refractivity contribution is 9.10. The molecule has 2 heterocycles. The minimum Gasteiger partial charge on any atom is -0.507 e. The molecule has 3 aromatic rings. The molecule has 1 aromatic carbocycles. The molecule has 9 nitrogen and oxygen atoms in total. The van der Waals surface area contributed by atoms with Crippen molar-refractivity contribution in [3.05, 3.63) is 61.7 Å². The summed E-state index contributed by atoms with van der Waals surface area (Å²) in [6, 6.07) is 4.95. The van der Waals surface area contributed by atoms with E-state index in [9.17, 15) is 14.7 Å². The molecule has 27 heavy (non-hydrogen) atoms. The zero-order chi connectivity index (χ0) is 19.7. The molecule has 0 saturated carbocycles. The lowest BCUT2D eigenvalue weighted by atomic mass is 10.2. The maximum absolute atomic E-state index is 12.5. The molecule has 2 N–H and O–H groups in total. The van der Waals surface area contributed by atoms with Gasteiger partial charge in [-0.1, -0.05) is 22.0 Å². The average Bonchev–Trinajstić information content (AvgIpc) is 3.00. The fraction of sp³-hybridized carbons (Fsp3) is 0.176. The van der Waals surface area contributed by atoms with E-state index in [4.69, 9.17) is 0 Å². The predicted molar refractivity (Wildman–Crippen MR) is 107 cm³/mol. The number of anilines is 1. The predicted octanol–water partition coefficient (Wildman–Crippen LogP) is 1.53. The van der Waals surface area contributed by atoms with Crippen LogP contribution in [0.5, 0.6) is 5.75 Å². The molecular weight excluding hydrogens is 416 g/mol. The number of imidazole rings is 1.